The van der Waals surface area contributed by atoms with Crippen LogP contribution in [0.1, 0.15) is 0 Å². The number of ether oxygens (including phenoxy) is 1. The van der Waals surface area contributed by atoms with Crippen LogP contribution in [-0.4, -0.2) is 27.4 Å². The standard InChI is InChI=1S/C13H10N2O.HNO3/c1-16-12-8-4-7-11-13(12)15-10-6-3-2-5-9(10)14-11;2-1(3)4/h2-8H,1H3;(H,2,3,4). The number of rotatable bonds is 1. The zero-order chi connectivity index (χ0) is 14.5. The van der Waals surface area contributed by atoms with Crippen molar-refractivity contribution in [3.63, 3.8) is 0 Å². The van der Waals surface area contributed by atoms with Gasteiger partial charge in [-0.25, -0.2) is 9.97 Å². The summed E-state index contributed by atoms with van der Waals surface area (Å²) >= 11 is 0. The highest BCUT2D eigenvalue weighted by molar-refractivity contribution is 5.89. The molecule has 0 saturated carbocycles. The van der Waals surface area contributed by atoms with Crippen molar-refractivity contribution in [2.24, 2.45) is 0 Å². The Balaban J connectivity index is 0.000000328. The minimum Gasteiger partial charge on any atom is -0.494 e. The minimum atomic E-state index is -1.50. The average Bonchev–Trinajstić information content (AvgIpc) is 2.43. The number of hydrogen-bond donors (Lipinski definition) is 1. The fraction of sp³-hybridized carbons (Fsp3) is 0.0769. The van der Waals surface area contributed by atoms with Gasteiger partial charge in [-0.3, -0.25) is 0 Å². The molecule has 0 aliphatic carbocycles. The third-order valence-corrected chi connectivity index (χ3v) is 2.55. The lowest BCUT2D eigenvalue weighted by atomic mass is 10.2. The number of hydrogen-bond acceptors (Lipinski definition) is 5. The molecule has 0 saturated heterocycles. The molecular formula is C13H11N3O4. The number of para-hydroxylation sites is 3. The molecule has 7 nitrogen and oxygen atoms in total. The summed E-state index contributed by atoms with van der Waals surface area (Å²) in [6, 6.07) is 13.6. The zero-order valence-electron chi connectivity index (χ0n) is 10.6. The Kier molecular flexibility index (Phi) is 3.90. The smallest absolute Gasteiger partial charge is 0.291 e. The topological polar surface area (TPSA) is 98.4 Å². The summed E-state index contributed by atoms with van der Waals surface area (Å²) in [5, 5.41) is 13.6. The second-order valence-corrected chi connectivity index (χ2v) is 3.78. The molecule has 0 radical (unpaired) electrons. The van der Waals surface area contributed by atoms with Crippen LogP contribution < -0.4 is 4.74 Å². The fourth-order valence-electron chi connectivity index (χ4n) is 1.78. The maximum absolute atomic E-state index is 8.36. The molecule has 0 bridgehead atoms. The minimum absolute atomic E-state index is 0.760. The molecule has 1 aromatic heterocycles. The van der Waals surface area contributed by atoms with Crippen LogP contribution in [0.25, 0.3) is 22.1 Å². The van der Waals surface area contributed by atoms with Gasteiger partial charge in [0.2, 0.25) is 0 Å². The van der Waals surface area contributed by atoms with E-state index in [1.165, 1.54) is 0 Å². The van der Waals surface area contributed by atoms with Crippen LogP contribution >= 0.6 is 0 Å². The highest BCUT2D eigenvalue weighted by Gasteiger charge is 2.05. The predicted molar refractivity (Wildman–Crippen MR) is 72.4 cm³/mol. The molecule has 0 fully saturated rings. The number of methoxy groups -OCH3 is 1. The second-order valence-electron chi connectivity index (χ2n) is 3.78. The maximum atomic E-state index is 8.36. The quantitative estimate of drug-likeness (QED) is 0.415. The lowest BCUT2D eigenvalue weighted by molar-refractivity contribution is -0.742. The van der Waals surface area contributed by atoms with Crippen LogP contribution in [0.15, 0.2) is 42.5 Å². The molecule has 3 aromatic rings. The van der Waals surface area contributed by atoms with E-state index >= 15 is 0 Å². The Morgan fingerprint density at radius 1 is 1.05 bits per heavy atom. The van der Waals surface area contributed by atoms with E-state index in [0.29, 0.717) is 0 Å². The van der Waals surface area contributed by atoms with E-state index in [9.17, 15) is 0 Å². The van der Waals surface area contributed by atoms with Gasteiger partial charge < -0.3 is 9.94 Å². The Morgan fingerprint density at radius 2 is 1.60 bits per heavy atom. The van der Waals surface area contributed by atoms with E-state index in [1.807, 2.05) is 42.5 Å². The monoisotopic (exact) mass is 273 g/mol. The van der Waals surface area contributed by atoms with Crippen molar-refractivity contribution in [1.29, 1.82) is 0 Å². The van der Waals surface area contributed by atoms with E-state index in [4.69, 9.17) is 20.1 Å². The summed E-state index contributed by atoms with van der Waals surface area (Å²) in [7, 11) is 1.64. The fourth-order valence-corrected chi connectivity index (χ4v) is 1.78. The van der Waals surface area contributed by atoms with Crippen LogP contribution in [0.3, 0.4) is 0 Å². The molecule has 0 aliphatic heterocycles. The van der Waals surface area contributed by atoms with Crippen LogP contribution in [0.2, 0.25) is 0 Å². The third kappa shape index (κ3) is 2.89. The Hall–Kier alpha value is -2.96. The van der Waals surface area contributed by atoms with Gasteiger partial charge in [-0.05, 0) is 24.3 Å². The number of benzene rings is 2. The van der Waals surface area contributed by atoms with Gasteiger partial charge in [-0.2, -0.15) is 0 Å². The number of fused-ring (bicyclic) bond motifs is 2. The number of aromatic nitrogens is 2. The lowest BCUT2D eigenvalue weighted by Gasteiger charge is -2.04. The van der Waals surface area contributed by atoms with Crippen LogP contribution in [-0.2, 0) is 0 Å². The van der Waals surface area contributed by atoms with Gasteiger partial charge >= 0.3 is 0 Å². The van der Waals surface area contributed by atoms with Crippen LogP contribution in [0.4, 0.5) is 0 Å². The van der Waals surface area contributed by atoms with Crippen molar-refractivity contribution < 1.29 is 15.0 Å². The summed E-state index contributed by atoms with van der Waals surface area (Å²) < 4.78 is 5.27. The van der Waals surface area contributed by atoms with Crippen LogP contribution in [0.5, 0.6) is 5.75 Å². The van der Waals surface area contributed by atoms with Crippen molar-refractivity contribution in [3.05, 3.63) is 52.6 Å². The molecular weight excluding hydrogens is 262 g/mol. The average molecular weight is 273 g/mol. The highest BCUT2D eigenvalue weighted by Crippen LogP contribution is 2.24. The molecule has 102 valence electrons. The molecule has 20 heavy (non-hydrogen) atoms. The normalized spacial score (nSPS) is 9.85. The van der Waals surface area contributed by atoms with Crippen LogP contribution in [0, 0.1) is 10.1 Å². The molecule has 7 heteroatoms. The summed E-state index contributed by atoms with van der Waals surface area (Å²) in [6.45, 7) is 0. The molecule has 0 unspecified atom stereocenters. The Bertz CT molecular complexity index is 757. The van der Waals surface area contributed by atoms with Gasteiger partial charge in [0.15, 0.2) is 0 Å². The Labute approximate surface area is 113 Å². The highest BCUT2D eigenvalue weighted by atomic mass is 16.9. The molecule has 2 aromatic carbocycles. The first-order valence-corrected chi connectivity index (χ1v) is 5.64. The summed E-state index contributed by atoms with van der Waals surface area (Å²) in [4.78, 5) is 17.5. The van der Waals surface area contributed by atoms with E-state index in [2.05, 4.69) is 9.97 Å². The van der Waals surface area contributed by atoms with E-state index < -0.39 is 5.09 Å². The van der Waals surface area contributed by atoms with E-state index in [-0.39, 0.29) is 0 Å². The molecule has 0 amide bonds. The van der Waals surface area contributed by atoms with Gasteiger partial charge in [0.05, 0.1) is 23.7 Å². The van der Waals surface area contributed by atoms with Crippen molar-refractivity contribution in [3.8, 4) is 5.75 Å². The molecule has 1 N–H and O–H groups in total. The third-order valence-electron chi connectivity index (χ3n) is 2.55. The van der Waals surface area contributed by atoms with E-state index in [1.54, 1.807) is 7.11 Å². The second kappa shape index (κ2) is 5.79. The van der Waals surface area contributed by atoms with E-state index in [0.717, 1.165) is 27.8 Å². The molecule has 0 atom stereocenters. The van der Waals surface area contributed by atoms with Crippen molar-refractivity contribution >= 4 is 22.1 Å². The lowest BCUT2D eigenvalue weighted by Crippen LogP contribution is -1.91. The first kappa shape index (κ1) is 13.5. The number of nitrogens with zero attached hydrogens (tertiary/aromatic N) is 3. The van der Waals surface area contributed by atoms with Gasteiger partial charge in [0, 0.05) is 0 Å². The van der Waals surface area contributed by atoms with Gasteiger partial charge in [-0.15, -0.1) is 10.1 Å². The largest absolute Gasteiger partial charge is 0.494 e. The summed E-state index contributed by atoms with van der Waals surface area (Å²) in [6.07, 6.45) is 0. The summed E-state index contributed by atoms with van der Waals surface area (Å²) in [5.74, 6) is 0.760. The van der Waals surface area contributed by atoms with Crippen molar-refractivity contribution in [2.45, 2.75) is 0 Å². The SMILES string of the molecule is COc1cccc2nc3ccccc3nc12.O=[N+]([O-])O. The summed E-state index contributed by atoms with van der Waals surface area (Å²) in [5.41, 5.74) is 3.46. The zero-order valence-corrected chi connectivity index (χ0v) is 10.6. The molecule has 0 spiro atoms. The van der Waals surface area contributed by atoms with Gasteiger partial charge in [-0.1, -0.05) is 18.2 Å². The van der Waals surface area contributed by atoms with Crippen molar-refractivity contribution in [1.82, 2.24) is 9.97 Å². The first-order chi connectivity index (χ1) is 9.61. The van der Waals surface area contributed by atoms with Crippen molar-refractivity contribution in [2.75, 3.05) is 7.11 Å². The van der Waals surface area contributed by atoms with Gasteiger partial charge in [0.25, 0.3) is 5.09 Å². The molecule has 0 aliphatic rings. The first-order valence-electron chi connectivity index (χ1n) is 5.64. The predicted octanol–water partition coefficient (Wildman–Crippen LogP) is 2.44. The molecule has 3 rings (SSSR count). The molecule has 1 heterocycles. The van der Waals surface area contributed by atoms with Gasteiger partial charge in [0.1, 0.15) is 11.3 Å². The maximum Gasteiger partial charge on any atom is 0.291 e. The Morgan fingerprint density at radius 3 is 2.20 bits per heavy atom.